The molecular formula is C10H15NO3S. The van der Waals surface area contributed by atoms with Crippen molar-refractivity contribution in [2.45, 2.75) is 31.2 Å². The largest absolute Gasteiger partial charge is 0.494 e. The number of thioether (sulfide) groups is 1. The van der Waals surface area contributed by atoms with Gasteiger partial charge in [0.1, 0.15) is 6.29 Å². The van der Waals surface area contributed by atoms with Crippen molar-refractivity contribution in [3.63, 3.8) is 0 Å². The summed E-state index contributed by atoms with van der Waals surface area (Å²) >= 11 is 1.37. The molecule has 0 fully saturated rings. The minimum absolute atomic E-state index is 0.0722. The van der Waals surface area contributed by atoms with E-state index in [-0.39, 0.29) is 11.8 Å². The van der Waals surface area contributed by atoms with Crippen LogP contribution in [0.4, 0.5) is 0 Å². The summed E-state index contributed by atoms with van der Waals surface area (Å²) in [6, 6.07) is 1.53. The Morgan fingerprint density at radius 2 is 2.27 bits per heavy atom. The van der Waals surface area contributed by atoms with Gasteiger partial charge in [-0.05, 0) is 6.42 Å². The maximum absolute atomic E-state index is 10.1. The van der Waals surface area contributed by atoms with Gasteiger partial charge in [0.2, 0.25) is 5.88 Å². The Hall–Kier alpha value is -1.10. The highest BCUT2D eigenvalue weighted by molar-refractivity contribution is 7.99. The molecule has 0 radical (unpaired) electrons. The number of carbonyl (C=O) groups excluding carboxylic acids is 1. The van der Waals surface area contributed by atoms with Crippen molar-refractivity contribution < 1.29 is 15.0 Å². The van der Waals surface area contributed by atoms with Gasteiger partial charge in [0.25, 0.3) is 0 Å². The predicted molar refractivity (Wildman–Crippen MR) is 59.5 cm³/mol. The van der Waals surface area contributed by atoms with Gasteiger partial charge in [0.05, 0.1) is 4.90 Å². The zero-order valence-electron chi connectivity index (χ0n) is 8.64. The molecule has 5 heteroatoms. The second-order valence-corrected chi connectivity index (χ2v) is 4.28. The van der Waals surface area contributed by atoms with E-state index in [1.54, 1.807) is 0 Å². The van der Waals surface area contributed by atoms with E-state index in [2.05, 4.69) is 0 Å². The van der Waals surface area contributed by atoms with Crippen LogP contribution in [-0.4, -0.2) is 26.8 Å². The minimum Gasteiger partial charge on any atom is -0.494 e. The van der Waals surface area contributed by atoms with Gasteiger partial charge in [-0.3, -0.25) is 4.57 Å². The number of rotatable bonds is 6. The fourth-order valence-electron chi connectivity index (χ4n) is 1.27. The van der Waals surface area contributed by atoms with E-state index in [1.807, 2.05) is 6.92 Å². The van der Waals surface area contributed by atoms with Crippen LogP contribution in [0.2, 0.25) is 0 Å². The average molecular weight is 229 g/mol. The summed E-state index contributed by atoms with van der Waals surface area (Å²) in [4.78, 5) is 10.8. The monoisotopic (exact) mass is 229 g/mol. The van der Waals surface area contributed by atoms with E-state index in [1.165, 1.54) is 22.4 Å². The van der Waals surface area contributed by atoms with Crippen LogP contribution in [-0.2, 0) is 11.3 Å². The number of aromatic nitrogens is 1. The SMILES string of the molecule is CCCn1c(O)cc(SCCC=O)c1O. The van der Waals surface area contributed by atoms with Crippen molar-refractivity contribution in [2.24, 2.45) is 0 Å². The molecule has 0 spiro atoms. The molecule has 0 saturated heterocycles. The fraction of sp³-hybridized carbons (Fsp3) is 0.500. The van der Waals surface area contributed by atoms with Crippen molar-refractivity contribution in [1.82, 2.24) is 4.57 Å². The molecule has 0 aliphatic heterocycles. The zero-order chi connectivity index (χ0) is 11.3. The van der Waals surface area contributed by atoms with Gasteiger partial charge in [-0.25, -0.2) is 0 Å². The summed E-state index contributed by atoms with van der Waals surface area (Å²) in [5.41, 5.74) is 0. The lowest BCUT2D eigenvalue weighted by atomic mass is 10.5. The first-order valence-electron chi connectivity index (χ1n) is 4.88. The smallest absolute Gasteiger partial charge is 0.208 e. The van der Waals surface area contributed by atoms with Crippen LogP contribution in [0.5, 0.6) is 11.8 Å². The third-order valence-corrected chi connectivity index (χ3v) is 3.00. The van der Waals surface area contributed by atoms with Crippen LogP contribution in [0.3, 0.4) is 0 Å². The molecule has 84 valence electrons. The van der Waals surface area contributed by atoms with E-state index in [9.17, 15) is 15.0 Å². The molecule has 15 heavy (non-hydrogen) atoms. The molecule has 2 N–H and O–H groups in total. The maximum Gasteiger partial charge on any atom is 0.208 e. The molecule has 1 heterocycles. The van der Waals surface area contributed by atoms with Gasteiger partial charge in [0, 0.05) is 24.8 Å². The summed E-state index contributed by atoms with van der Waals surface area (Å²) in [6.07, 6.45) is 2.13. The second kappa shape index (κ2) is 5.70. The summed E-state index contributed by atoms with van der Waals surface area (Å²) in [5.74, 6) is 0.778. The van der Waals surface area contributed by atoms with E-state index in [4.69, 9.17) is 0 Å². The lowest BCUT2D eigenvalue weighted by Crippen LogP contribution is -1.94. The highest BCUT2D eigenvalue weighted by Crippen LogP contribution is 2.35. The first kappa shape index (κ1) is 12.0. The molecule has 0 aliphatic rings. The Kier molecular flexibility index (Phi) is 4.55. The van der Waals surface area contributed by atoms with Gasteiger partial charge in [0.15, 0.2) is 5.88 Å². The topological polar surface area (TPSA) is 62.5 Å². The van der Waals surface area contributed by atoms with E-state index < -0.39 is 0 Å². The molecule has 1 aromatic heterocycles. The number of aldehydes is 1. The molecular weight excluding hydrogens is 214 g/mol. The van der Waals surface area contributed by atoms with E-state index in [0.717, 1.165) is 12.7 Å². The summed E-state index contributed by atoms with van der Waals surface area (Å²) in [7, 11) is 0. The highest BCUT2D eigenvalue weighted by Gasteiger charge is 2.12. The lowest BCUT2D eigenvalue weighted by molar-refractivity contribution is -0.107. The normalized spacial score (nSPS) is 10.5. The number of carbonyl (C=O) groups is 1. The average Bonchev–Trinajstić information content (AvgIpc) is 2.47. The summed E-state index contributed by atoms with van der Waals surface area (Å²) in [6.45, 7) is 2.56. The van der Waals surface area contributed by atoms with Crippen molar-refractivity contribution in [3.8, 4) is 11.8 Å². The summed E-state index contributed by atoms with van der Waals surface area (Å²) < 4.78 is 1.46. The van der Waals surface area contributed by atoms with Gasteiger partial charge in [-0.2, -0.15) is 0 Å². The molecule has 0 atom stereocenters. The third kappa shape index (κ3) is 2.92. The zero-order valence-corrected chi connectivity index (χ0v) is 9.46. The number of hydrogen-bond acceptors (Lipinski definition) is 4. The molecule has 1 aromatic rings. The van der Waals surface area contributed by atoms with Crippen LogP contribution in [0.1, 0.15) is 19.8 Å². The van der Waals surface area contributed by atoms with Crippen molar-refractivity contribution in [3.05, 3.63) is 6.07 Å². The molecule has 0 aromatic carbocycles. The predicted octanol–water partition coefficient (Wildman–Crippen LogP) is 1.99. The maximum atomic E-state index is 10.1. The molecule has 0 saturated carbocycles. The number of nitrogens with zero attached hydrogens (tertiary/aromatic N) is 1. The van der Waals surface area contributed by atoms with Crippen LogP contribution >= 0.6 is 11.8 Å². The quantitative estimate of drug-likeness (QED) is 0.445. The van der Waals surface area contributed by atoms with Crippen molar-refractivity contribution >= 4 is 18.0 Å². The molecule has 0 amide bonds. The van der Waals surface area contributed by atoms with Gasteiger partial charge in [-0.15, -0.1) is 11.8 Å². The Labute approximate surface area is 92.9 Å². The lowest BCUT2D eigenvalue weighted by Gasteiger charge is -2.04. The van der Waals surface area contributed by atoms with Crippen molar-refractivity contribution in [2.75, 3.05) is 5.75 Å². The van der Waals surface area contributed by atoms with Gasteiger partial charge in [-0.1, -0.05) is 6.92 Å². The number of hydrogen-bond donors (Lipinski definition) is 2. The van der Waals surface area contributed by atoms with Crippen LogP contribution in [0.25, 0.3) is 0 Å². The Bertz CT molecular complexity index is 336. The molecule has 1 rings (SSSR count). The Morgan fingerprint density at radius 3 is 2.87 bits per heavy atom. The van der Waals surface area contributed by atoms with E-state index in [0.29, 0.717) is 23.6 Å². The molecule has 0 aliphatic carbocycles. The highest BCUT2D eigenvalue weighted by atomic mass is 32.2. The molecule has 0 unspecified atom stereocenters. The standard InChI is InChI=1S/C10H15NO3S/c1-2-4-11-9(13)7-8(10(11)14)15-6-3-5-12/h5,7,13-14H,2-4,6H2,1H3. The first-order valence-corrected chi connectivity index (χ1v) is 5.87. The molecule has 0 bridgehead atoms. The van der Waals surface area contributed by atoms with E-state index >= 15 is 0 Å². The summed E-state index contributed by atoms with van der Waals surface area (Å²) in [5, 5.41) is 19.3. The van der Waals surface area contributed by atoms with Gasteiger partial charge < -0.3 is 15.0 Å². The van der Waals surface area contributed by atoms with Crippen LogP contribution < -0.4 is 0 Å². The minimum atomic E-state index is 0.0722. The molecule has 4 nitrogen and oxygen atoms in total. The fourth-order valence-corrected chi connectivity index (χ4v) is 2.13. The van der Waals surface area contributed by atoms with Crippen molar-refractivity contribution in [1.29, 1.82) is 0 Å². The van der Waals surface area contributed by atoms with Gasteiger partial charge >= 0.3 is 0 Å². The van der Waals surface area contributed by atoms with Crippen LogP contribution in [0.15, 0.2) is 11.0 Å². The number of aromatic hydroxyl groups is 2. The second-order valence-electron chi connectivity index (χ2n) is 3.15. The van der Waals surface area contributed by atoms with Crippen LogP contribution in [0, 0.1) is 0 Å². The first-order chi connectivity index (χ1) is 7.20. The third-order valence-electron chi connectivity index (χ3n) is 1.95. The Morgan fingerprint density at radius 1 is 1.53 bits per heavy atom. The Balaban J connectivity index is 2.72.